The fourth-order valence-corrected chi connectivity index (χ4v) is 15.6. The van der Waals surface area contributed by atoms with Crippen molar-refractivity contribution in [1.82, 2.24) is 41.8 Å². The number of nitrogens with zero attached hydrogens (tertiary/aromatic N) is 1. The van der Waals surface area contributed by atoms with E-state index in [1.54, 1.807) is 84.1 Å². The summed E-state index contributed by atoms with van der Waals surface area (Å²) in [5.41, 5.74) is 7.35. The van der Waals surface area contributed by atoms with Gasteiger partial charge in [0.05, 0.1) is 110 Å². The molecule has 0 radical (unpaired) electrons. The lowest BCUT2D eigenvalue weighted by molar-refractivity contribution is -0.143. The third kappa shape index (κ3) is 41.5. The van der Waals surface area contributed by atoms with Crippen LogP contribution in [0.2, 0.25) is 0 Å². The summed E-state index contributed by atoms with van der Waals surface area (Å²) in [5.74, 6) is -29.8. The molecule has 132 heavy (non-hydrogen) atoms. The van der Waals surface area contributed by atoms with E-state index in [1.807, 2.05) is 0 Å². The predicted molar refractivity (Wildman–Crippen MR) is 484 cm³/mol. The number of hydrogen-bond acceptors (Lipinski definition) is 27. The summed E-state index contributed by atoms with van der Waals surface area (Å²) in [4.78, 5) is 260. The van der Waals surface area contributed by atoms with Crippen molar-refractivity contribution in [3.63, 3.8) is 0 Å². The van der Waals surface area contributed by atoms with Gasteiger partial charge in [0.1, 0.15) is 29.1 Å². The molecule has 3 aromatic carbocycles. The number of amides is 7. The van der Waals surface area contributed by atoms with Crippen molar-refractivity contribution in [2.24, 2.45) is 59.0 Å². The molecule has 0 saturated carbocycles. The molecular formula is C94H131N9O28S. The topological polar surface area (TPSA) is 622 Å². The molecule has 1 heterocycles. The first-order valence-corrected chi connectivity index (χ1v) is 45.6. The number of aryl methyl sites for hydroxylation is 2. The Morgan fingerprint density at radius 3 is 1.44 bits per heavy atom. The van der Waals surface area contributed by atoms with Crippen LogP contribution in [-0.4, -0.2) is 242 Å². The highest BCUT2D eigenvalue weighted by Gasteiger charge is 2.41. The van der Waals surface area contributed by atoms with Crippen LogP contribution >= 0.6 is 11.8 Å². The molecule has 726 valence electrons. The van der Waals surface area contributed by atoms with Gasteiger partial charge in [0, 0.05) is 94.5 Å². The fraction of sp³-hybridized carbons (Fsp3) is 0.564. The maximum Gasteiger partial charge on any atom is 0.304 e. The van der Waals surface area contributed by atoms with E-state index in [9.17, 15) is 137 Å². The number of Topliss-reactive ketones (excluding diaryl/α,β-unsaturated/α-hetero) is 8. The van der Waals surface area contributed by atoms with Gasteiger partial charge in [-0.1, -0.05) is 95.1 Å². The number of aromatic hydroxyl groups is 2. The lowest BCUT2D eigenvalue weighted by Gasteiger charge is -2.28. The number of nitrogens with one attached hydrogen (secondary N) is 7. The number of aliphatic carboxylic acids is 3. The molecule has 0 fully saturated rings. The molecule has 0 saturated heterocycles. The highest BCUT2D eigenvalue weighted by molar-refractivity contribution is 8.00. The number of phenols is 2. The van der Waals surface area contributed by atoms with E-state index >= 15 is 0 Å². The molecule has 16 atom stereocenters. The highest BCUT2D eigenvalue weighted by atomic mass is 32.2. The Bertz CT molecular complexity index is 4620. The molecule has 1 aromatic heterocycles. The van der Waals surface area contributed by atoms with E-state index in [4.69, 9.17) is 5.73 Å². The molecule has 18 N–H and O–H groups in total. The molecule has 0 bridgehead atoms. The van der Waals surface area contributed by atoms with Crippen molar-refractivity contribution in [1.29, 1.82) is 0 Å². The van der Waals surface area contributed by atoms with Crippen LogP contribution in [0.4, 0.5) is 0 Å². The molecule has 4 rings (SSSR count). The van der Waals surface area contributed by atoms with E-state index in [-0.39, 0.29) is 90.4 Å². The lowest BCUT2D eigenvalue weighted by Crippen LogP contribution is -2.52. The normalized spacial score (nSPS) is 15.0. The van der Waals surface area contributed by atoms with Gasteiger partial charge >= 0.3 is 17.9 Å². The molecule has 0 aliphatic rings. The Kier molecular flexibility index (Phi) is 49.8. The van der Waals surface area contributed by atoms with Crippen molar-refractivity contribution in [3.05, 3.63) is 130 Å². The molecule has 4 aromatic rings. The van der Waals surface area contributed by atoms with Gasteiger partial charge in [-0.05, 0) is 150 Å². The number of carbonyl (C=O) groups is 18. The average molecular weight is 1870 g/mol. The number of unbranched alkanes of at least 4 members (excludes halogenated alkanes) is 1. The smallest absolute Gasteiger partial charge is 0.304 e. The zero-order valence-electron chi connectivity index (χ0n) is 76.1. The average Bonchev–Trinajstić information content (AvgIpc) is 0.838. The number of pyridine rings is 1. The lowest BCUT2D eigenvalue weighted by atomic mass is 9.85. The Hall–Kier alpha value is -11.6. The van der Waals surface area contributed by atoms with E-state index in [0.717, 1.165) is 31.2 Å². The van der Waals surface area contributed by atoms with Crippen LogP contribution in [0, 0.1) is 60.2 Å². The van der Waals surface area contributed by atoms with Gasteiger partial charge in [0.25, 0.3) is 5.56 Å². The third-order valence-corrected chi connectivity index (χ3v) is 23.8. The summed E-state index contributed by atoms with van der Waals surface area (Å²) in [5, 5.41) is 111. The monoisotopic (exact) mass is 1870 g/mol. The highest BCUT2D eigenvalue weighted by Crippen LogP contribution is 2.27. The first-order chi connectivity index (χ1) is 62.3. The van der Waals surface area contributed by atoms with Crippen LogP contribution in [0.1, 0.15) is 186 Å². The summed E-state index contributed by atoms with van der Waals surface area (Å²) >= 11 is 0.986. The number of carboxylic acid groups (broad SMARTS) is 3. The summed E-state index contributed by atoms with van der Waals surface area (Å²) in [7, 11) is 0. The number of rotatable bonds is 67. The number of carboxylic acids is 3. The second kappa shape index (κ2) is 58.3. The Morgan fingerprint density at radius 2 is 0.917 bits per heavy atom. The first kappa shape index (κ1) is 113. The van der Waals surface area contributed by atoms with Gasteiger partial charge < -0.3 is 93.5 Å². The number of hydrogen-bond donors (Lipinski definition) is 17. The maximum atomic E-state index is 14.9. The molecule has 7 amide bonds. The van der Waals surface area contributed by atoms with Crippen molar-refractivity contribution in [2.75, 3.05) is 37.8 Å². The summed E-state index contributed by atoms with van der Waals surface area (Å²) in [6.07, 6.45) is -8.01. The van der Waals surface area contributed by atoms with E-state index in [2.05, 4.69) is 37.2 Å². The number of carbonyl (C=O) groups excluding carboxylic acids is 15. The molecular weight excluding hydrogens is 1740 g/mol. The van der Waals surface area contributed by atoms with Gasteiger partial charge in [-0.3, -0.25) is 91.1 Å². The quantitative estimate of drug-likeness (QED) is 0.0282. The number of thioether (sulfide) groups is 1. The Morgan fingerprint density at radius 1 is 0.439 bits per heavy atom. The number of aromatic nitrogens is 1. The summed E-state index contributed by atoms with van der Waals surface area (Å²) in [6, 6.07) is 13.7. The SMILES string of the molecule is CC[C@H](C)[C@H](NC(=O)[C@H](CO)CC(=O)[C@H](Cc1ccc(O)cc1)NC(=O)[C@H](CC(=O)O)CC(=O)[C@H](CO)NC(=O)[C@@H](CC(=O)[C@H](Cc1ccccc1)NC(=O)[C@@H](CC(=O)CNC(=O)[C@H](CCC(=O)O)CC(=O)CSCC(=O)CCCn1ccc(C)cc1=O)[C@@H](C)O)[C@@H](C)O)C(=O)C[C@@H](Cc1ccc(O)cc1)C(=O)N[C@@H](CC(C)C)C(=O)C[C@@H](CC(=O)O)C(=O)N[C@H](C)CCCCN. The molecule has 0 unspecified atom stereocenters. The second-order valence-electron chi connectivity index (χ2n) is 34.5. The zero-order valence-corrected chi connectivity index (χ0v) is 76.9. The van der Waals surface area contributed by atoms with E-state index in [0.29, 0.717) is 49.9 Å². The number of ketones is 8. The number of benzene rings is 3. The maximum absolute atomic E-state index is 14.9. The summed E-state index contributed by atoms with van der Waals surface area (Å²) in [6.45, 7) is 10.2. The van der Waals surface area contributed by atoms with E-state index in [1.165, 1.54) is 59.2 Å². The predicted octanol–water partition coefficient (Wildman–Crippen LogP) is 3.23. The van der Waals surface area contributed by atoms with Crippen molar-refractivity contribution in [2.45, 2.75) is 245 Å². The molecule has 37 nitrogen and oxygen atoms in total. The minimum absolute atomic E-state index is 0.0252. The second-order valence-corrected chi connectivity index (χ2v) is 35.5. The molecule has 0 aliphatic carbocycles. The number of aliphatic hydroxyl groups excluding tert-OH is 4. The van der Waals surface area contributed by atoms with Crippen LogP contribution in [0.5, 0.6) is 11.5 Å². The number of phenolic OH excluding ortho intramolecular Hbond substituents is 2. The van der Waals surface area contributed by atoms with Crippen LogP contribution in [-0.2, 0) is 112 Å². The van der Waals surface area contributed by atoms with Crippen LogP contribution < -0.4 is 48.5 Å². The van der Waals surface area contributed by atoms with Gasteiger partial charge in [0.2, 0.25) is 41.4 Å². The first-order valence-electron chi connectivity index (χ1n) is 44.4. The van der Waals surface area contributed by atoms with Crippen LogP contribution in [0.3, 0.4) is 0 Å². The molecule has 0 spiro atoms. The number of nitrogens with two attached hydrogens (primary N) is 1. The minimum atomic E-state index is -1.99. The minimum Gasteiger partial charge on any atom is -0.508 e. The molecule has 38 heteroatoms. The van der Waals surface area contributed by atoms with Gasteiger partial charge in [-0.15, -0.1) is 11.8 Å². The fourth-order valence-electron chi connectivity index (χ4n) is 14.8. The zero-order chi connectivity index (χ0) is 98.6. The third-order valence-electron chi connectivity index (χ3n) is 22.7. The number of aliphatic hydroxyl groups is 4. The van der Waals surface area contributed by atoms with Crippen LogP contribution in [0.25, 0.3) is 0 Å². The largest absolute Gasteiger partial charge is 0.508 e. The van der Waals surface area contributed by atoms with Crippen molar-refractivity contribution >= 4 is 117 Å². The van der Waals surface area contributed by atoms with Crippen molar-refractivity contribution in [3.8, 4) is 11.5 Å². The van der Waals surface area contributed by atoms with E-state index < -0.39 is 280 Å². The Balaban J connectivity index is 1.53. The van der Waals surface area contributed by atoms with Gasteiger partial charge in [-0.25, -0.2) is 0 Å². The summed E-state index contributed by atoms with van der Waals surface area (Å²) < 4.78 is 1.47. The standard InChI is InChI=1S/C94H131N9O28S/c1-9-55(5)87(82(117)42-63(36-60-20-25-67(108)26-21-60)90(127)98-74(34-53(2)3)78(113)40-64(44-85(121)122)89(126)97-56(6)16-13-14-31-95)102-92(129)66(49-104)43-79(114)75(38-61-22-27-68(109)28-23-61)99-91(128)65(45-86(123)124)41-80(115)77(50-105)101-94(131)73(58(8)107)47-81(116)76(37-59-17-11-10-12-18-59)100-93(130)72(57(7)106)46-70(111)48-96-88(125)62(24-29-84(119)120)39-71(112)52-132-51-69(110)19-15-32-103-33-30-54(4)35-83(103)118/h10-12,17-18,20-23,25-28,30,33,35,53,55-58,62-66,72-77,87,104-109H,9,13-16,19,24,29,31-32,34,36-52,95H2,1-8H3,(H,96,125)(H,97,126)(H,98,127)(H,99,128)(H,100,130)(H,101,131)(H,102,129)(H,119,120)(H,121,122)(H,123,124)/t55-,56+,57+,58+,62+,63+,64-,65-,66-,72-,73-,74-,75-,76-,77-,87-/m0/s1. The molecule has 0 aliphatic heterocycles. The van der Waals surface area contributed by atoms with Crippen molar-refractivity contribution < 1.29 is 132 Å². The van der Waals surface area contributed by atoms with Gasteiger partial charge in [-0.2, -0.15) is 0 Å². The van der Waals surface area contributed by atoms with Crippen LogP contribution in [0.15, 0.2) is 102 Å². The Labute approximate surface area is 770 Å². The van der Waals surface area contributed by atoms with Gasteiger partial charge in [0.15, 0.2) is 34.7 Å².